The molecule has 0 saturated carbocycles. The summed E-state index contributed by atoms with van der Waals surface area (Å²) in [6.07, 6.45) is 1.41. The van der Waals surface area contributed by atoms with E-state index in [-0.39, 0.29) is 5.91 Å². The van der Waals surface area contributed by atoms with Crippen LogP contribution in [0.3, 0.4) is 0 Å². The van der Waals surface area contributed by atoms with Crippen LogP contribution in [0.25, 0.3) is 0 Å². The van der Waals surface area contributed by atoms with Crippen LogP contribution in [0.1, 0.15) is 12.8 Å². The van der Waals surface area contributed by atoms with Gasteiger partial charge in [-0.3, -0.25) is 4.79 Å². The molecule has 0 atom stereocenters. The predicted octanol–water partition coefficient (Wildman–Crippen LogP) is 1.28. The van der Waals surface area contributed by atoms with E-state index in [2.05, 4.69) is 15.9 Å². The number of carbonyl (C=O) groups is 1. The summed E-state index contributed by atoms with van der Waals surface area (Å²) in [6.45, 7) is 2.67. The summed E-state index contributed by atoms with van der Waals surface area (Å²) < 4.78 is 9.93. The lowest BCUT2D eigenvalue weighted by molar-refractivity contribution is -0.131. The van der Waals surface area contributed by atoms with Crippen molar-refractivity contribution in [2.45, 2.75) is 12.8 Å². The summed E-state index contributed by atoms with van der Waals surface area (Å²) in [5, 5.41) is 0.708. The van der Waals surface area contributed by atoms with Gasteiger partial charge >= 0.3 is 0 Å². The minimum Gasteiger partial charge on any atom is -0.385 e. The number of carbonyl (C=O) groups excluding carboxylic acids is 1. The molecule has 5 heteroatoms. The Kier molecular flexibility index (Phi) is 10.3. The lowest BCUT2D eigenvalue weighted by atomic mass is 10.3. The third-order valence-corrected chi connectivity index (χ3v) is 2.40. The lowest BCUT2D eigenvalue weighted by Crippen LogP contribution is -2.35. The Bertz CT molecular complexity index is 167. The van der Waals surface area contributed by atoms with Crippen molar-refractivity contribution in [1.82, 2.24) is 4.90 Å². The first-order valence-corrected chi connectivity index (χ1v) is 6.20. The molecule has 0 spiro atoms. The molecule has 4 nitrogen and oxygen atoms in total. The highest BCUT2D eigenvalue weighted by Gasteiger charge is 2.11. The zero-order chi connectivity index (χ0) is 11.5. The summed E-state index contributed by atoms with van der Waals surface area (Å²) in [5.74, 6) is 0.167. The fourth-order valence-electron chi connectivity index (χ4n) is 1.20. The number of halogens is 1. The average molecular weight is 282 g/mol. The van der Waals surface area contributed by atoms with Gasteiger partial charge in [-0.05, 0) is 6.42 Å². The van der Waals surface area contributed by atoms with Crippen molar-refractivity contribution in [2.24, 2.45) is 0 Å². The molecule has 0 saturated heterocycles. The molecule has 0 aromatic heterocycles. The first-order chi connectivity index (χ1) is 7.26. The molecule has 0 fully saturated rings. The Hall–Kier alpha value is -0.130. The van der Waals surface area contributed by atoms with Crippen LogP contribution in [0.4, 0.5) is 0 Å². The van der Waals surface area contributed by atoms with Crippen molar-refractivity contribution < 1.29 is 14.3 Å². The van der Waals surface area contributed by atoms with E-state index in [9.17, 15) is 4.79 Å². The van der Waals surface area contributed by atoms with E-state index in [4.69, 9.17) is 9.47 Å². The molecule has 0 aliphatic heterocycles. The molecule has 15 heavy (non-hydrogen) atoms. The zero-order valence-corrected chi connectivity index (χ0v) is 11.1. The van der Waals surface area contributed by atoms with Crippen LogP contribution in [0, 0.1) is 0 Å². The van der Waals surface area contributed by atoms with Crippen molar-refractivity contribution in [3.8, 4) is 0 Å². The van der Waals surface area contributed by atoms with Crippen LogP contribution in [0.15, 0.2) is 0 Å². The molecule has 0 aromatic carbocycles. The zero-order valence-electron chi connectivity index (χ0n) is 9.50. The molecular formula is C10H20BrNO3. The smallest absolute Gasteiger partial charge is 0.223 e. The largest absolute Gasteiger partial charge is 0.385 e. The standard InChI is InChI=1S/C10H20BrNO3/c1-14-8-3-6-12(7-9-15-2)10(13)4-5-11/h3-9H2,1-2H3. The highest BCUT2D eigenvalue weighted by molar-refractivity contribution is 9.09. The number of ether oxygens (including phenoxy) is 2. The Balaban J connectivity index is 3.87. The number of alkyl halides is 1. The van der Waals surface area contributed by atoms with Crippen LogP contribution < -0.4 is 0 Å². The van der Waals surface area contributed by atoms with Crippen molar-refractivity contribution >= 4 is 21.8 Å². The van der Waals surface area contributed by atoms with E-state index in [1.54, 1.807) is 14.2 Å². The van der Waals surface area contributed by atoms with Gasteiger partial charge in [0.15, 0.2) is 0 Å². The number of nitrogens with zero attached hydrogens (tertiary/aromatic N) is 1. The van der Waals surface area contributed by atoms with E-state index in [1.165, 1.54) is 0 Å². The monoisotopic (exact) mass is 281 g/mol. The second kappa shape index (κ2) is 10.4. The summed E-state index contributed by atoms with van der Waals surface area (Å²) in [4.78, 5) is 13.5. The van der Waals surface area contributed by atoms with Gasteiger partial charge in [-0.25, -0.2) is 0 Å². The Morgan fingerprint density at radius 1 is 1.20 bits per heavy atom. The molecule has 0 radical (unpaired) electrons. The van der Waals surface area contributed by atoms with Crippen molar-refractivity contribution in [3.63, 3.8) is 0 Å². The summed E-state index contributed by atoms with van der Waals surface area (Å²) >= 11 is 3.26. The first kappa shape index (κ1) is 14.9. The topological polar surface area (TPSA) is 38.8 Å². The number of rotatable bonds is 9. The molecule has 0 aromatic rings. The molecule has 90 valence electrons. The van der Waals surface area contributed by atoms with Crippen molar-refractivity contribution in [3.05, 3.63) is 0 Å². The SMILES string of the molecule is COCCCN(CCOC)C(=O)CCBr. The highest BCUT2D eigenvalue weighted by atomic mass is 79.9. The van der Waals surface area contributed by atoms with Gasteiger partial charge in [0.1, 0.15) is 0 Å². The summed E-state index contributed by atoms with van der Waals surface area (Å²) in [6, 6.07) is 0. The normalized spacial score (nSPS) is 10.3. The maximum absolute atomic E-state index is 11.6. The number of hydrogen-bond acceptors (Lipinski definition) is 3. The molecule has 1 amide bonds. The Labute approximate surface area is 100 Å². The third kappa shape index (κ3) is 7.76. The molecule has 0 N–H and O–H groups in total. The van der Waals surface area contributed by atoms with Gasteiger partial charge in [-0.2, -0.15) is 0 Å². The second-order valence-corrected chi connectivity index (χ2v) is 3.95. The van der Waals surface area contributed by atoms with Crippen LogP contribution in [-0.4, -0.2) is 56.7 Å². The second-order valence-electron chi connectivity index (χ2n) is 3.16. The third-order valence-electron chi connectivity index (χ3n) is 2.00. The van der Waals surface area contributed by atoms with Gasteiger partial charge in [0.25, 0.3) is 0 Å². The van der Waals surface area contributed by atoms with Crippen LogP contribution in [0.2, 0.25) is 0 Å². The van der Waals surface area contributed by atoms with Crippen molar-refractivity contribution in [2.75, 3.05) is 45.9 Å². The van der Waals surface area contributed by atoms with Crippen LogP contribution >= 0.6 is 15.9 Å². The molecule has 0 aliphatic carbocycles. The van der Waals surface area contributed by atoms with E-state index in [0.717, 1.165) is 13.0 Å². The van der Waals surface area contributed by atoms with E-state index < -0.39 is 0 Å². The maximum Gasteiger partial charge on any atom is 0.223 e. The molecule has 0 bridgehead atoms. The van der Waals surface area contributed by atoms with E-state index >= 15 is 0 Å². The molecular weight excluding hydrogens is 262 g/mol. The minimum atomic E-state index is 0.167. The van der Waals surface area contributed by atoms with E-state index in [0.29, 0.717) is 31.5 Å². The predicted molar refractivity (Wildman–Crippen MR) is 63.4 cm³/mol. The van der Waals surface area contributed by atoms with Crippen molar-refractivity contribution in [1.29, 1.82) is 0 Å². The van der Waals surface area contributed by atoms with Gasteiger partial charge in [0.2, 0.25) is 5.91 Å². The Morgan fingerprint density at radius 2 is 1.87 bits per heavy atom. The molecule has 0 unspecified atom stereocenters. The molecule has 0 aliphatic rings. The van der Waals surface area contributed by atoms with Gasteiger partial charge in [-0.1, -0.05) is 15.9 Å². The van der Waals surface area contributed by atoms with Gasteiger partial charge in [-0.15, -0.1) is 0 Å². The minimum absolute atomic E-state index is 0.167. The fraction of sp³-hybridized carbons (Fsp3) is 0.900. The summed E-state index contributed by atoms with van der Waals surface area (Å²) in [5.41, 5.74) is 0. The maximum atomic E-state index is 11.6. The average Bonchev–Trinajstić information content (AvgIpc) is 2.23. The fourth-order valence-corrected chi connectivity index (χ4v) is 1.54. The summed E-state index contributed by atoms with van der Waals surface area (Å²) in [7, 11) is 3.31. The van der Waals surface area contributed by atoms with E-state index in [1.807, 2.05) is 4.90 Å². The number of hydrogen-bond donors (Lipinski definition) is 0. The quantitative estimate of drug-likeness (QED) is 0.472. The van der Waals surface area contributed by atoms with Gasteiger partial charge in [0.05, 0.1) is 6.61 Å². The van der Waals surface area contributed by atoms with Crippen LogP contribution in [0.5, 0.6) is 0 Å². The number of methoxy groups -OCH3 is 2. The number of amides is 1. The highest BCUT2D eigenvalue weighted by Crippen LogP contribution is 1.99. The van der Waals surface area contributed by atoms with Gasteiger partial charge < -0.3 is 14.4 Å². The Morgan fingerprint density at radius 3 is 2.40 bits per heavy atom. The molecule has 0 rings (SSSR count). The lowest BCUT2D eigenvalue weighted by Gasteiger charge is -2.21. The first-order valence-electron chi connectivity index (χ1n) is 5.07. The van der Waals surface area contributed by atoms with Gasteiger partial charge in [0, 0.05) is 45.7 Å². The van der Waals surface area contributed by atoms with Crippen LogP contribution in [-0.2, 0) is 14.3 Å². The molecule has 0 heterocycles.